The van der Waals surface area contributed by atoms with Crippen LogP contribution in [-0.2, 0) is 12.8 Å². The van der Waals surface area contributed by atoms with Crippen molar-refractivity contribution in [1.82, 2.24) is 5.32 Å². The van der Waals surface area contributed by atoms with E-state index in [1.807, 2.05) is 0 Å². The number of hydrogen-bond donors (Lipinski definition) is 1. The predicted molar refractivity (Wildman–Crippen MR) is 74.2 cm³/mol. The summed E-state index contributed by atoms with van der Waals surface area (Å²) in [5, 5.41) is 3.53. The van der Waals surface area contributed by atoms with E-state index in [1.165, 1.54) is 49.7 Å². The largest absolute Gasteiger partial charge is 0.493 e. The molecule has 0 radical (unpaired) electrons. The van der Waals surface area contributed by atoms with Gasteiger partial charge in [0.15, 0.2) is 0 Å². The van der Waals surface area contributed by atoms with E-state index in [0.717, 1.165) is 31.4 Å². The Morgan fingerprint density at radius 2 is 2.06 bits per heavy atom. The fraction of sp³-hybridized carbons (Fsp3) is 0.625. The summed E-state index contributed by atoms with van der Waals surface area (Å²) in [5.41, 5.74) is 2.98. The summed E-state index contributed by atoms with van der Waals surface area (Å²) in [6.07, 6.45) is 8.93. The van der Waals surface area contributed by atoms with E-state index in [1.54, 1.807) is 0 Å². The average Bonchev–Trinajstić information content (AvgIpc) is 3.23. The molecule has 2 aliphatic carbocycles. The molecule has 0 saturated heterocycles. The van der Waals surface area contributed by atoms with Gasteiger partial charge in [-0.1, -0.05) is 12.1 Å². The normalized spacial score (nSPS) is 18.4. The topological polar surface area (TPSA) is 21.3 Å². The molecule has 2 nitrogen and oxygen atoms in total. The summed E-state index contributed by atoms with van der Waals surface area (Å²) < 4.78 is 5.97. The van der Waals surface area contributed by atoms with Crippen LogP contribution in [0.1, 0.15) is 43.2 Å². The number of hydrogen-bond acceptors (Lipinski definition) is 2. The van der Waals surface area contributed by atoms with Crippen molar-refractivity contribution >= 4 is 0 Å². The molecule has 1 aromatic carbocycles. The molecule has 3 rings (SSSR count). The molecule has 2 heteroatoms. The highest BCUT2D eigenvalue weighted by atomic mass is 16.5. The van der Waals surface area contributed by atoms with Crippen molar-refractivity contribution in [2.45, 2.75) is 51.0 Å². The van der Waals surface area contributed by atoms with E-state index >= 15 is 0 Å². The molecule has 1 aromatic rings. The van der Waals surface area contributed by atoms with Gasteiger partial charge in [-0.15, -0.1) is 0 Å². The zero-order valence-corrected chi connectivity index (χ0v) is 11.1. The van der Waals surface area contributed by atoms with E-state index in [4.69, 9.17) is 4.74 Å². The van der Waals surface area contributed by atoms with Gasteiger partial charge in [0.25, 0.3) is 0 Å². The fourth-order valence-corrected chi connectivity index (χ4v) is 2.73. The molecular formula is C16H23NO. The lowest BCUT2D eigenvalue weighted by Crippen LogP contribution is -2.19. The monoisotopic (exact) mass is 245 g/mol. The Balaban J connectivity index is 1.48. The van der Waals surface area contributed by atoms with Crippen LogP contribution in [-0.4, -0.2) is 19.2 Å². The van der Waals surface area contributed by atoms with Gasteiger partial charge < -0.3 is 10.1 Å². The van der Waals surface area contributed by atoms with Crippen molar-refractivity contribution < 1.29 is 4.74 Å². The van der Waals surface area contributed by atoms with Crippen molar-refractivity contribution in [3.05, 3.63) is 29.3 Å². The number of ether oxygens (including phenoxy) is 1. The molecule has 0 aliphatic heterocycles. The van der Waals surface area contributed by atoms with Gasteiger partial charge in [0.1, 0.15) is 5.75 Å². The van der Waals surface area contributed by atoms with E-state index in [9.17, 15) is 0 Å². The Bertz CT molecular complexity index is 398. The van der Waals surface area contributed by atoms with Crippen molar-refractivity contribution in [3.63, 3.8) is 0 Å². The van der Waals surface area contributed by atoms with Gasteiger partial charge in [-0.2, -0.15) is 0 Å². The molecule has 1 N–H and O–H groups in total. The molecular weight excluding hydrogens is 222 g/mol. The van der Waals surface area contributed by atoms with Gasteiger partial charge in [-0.25, -0.2) is 0 Å². The highest BCUT2D eigenvalue weighted by Crippen LogP contribution is 2.29. The predicted octanol–water partition coefficient (Wildman–Crippen LogP) is 3.09. The zero-order chi connectivity index (χ0) is 12.2. The Morgan fingerprint density at radius 3 is 2.94 bits per heavy atom. The minimum absolute atomic E-state index is 0.814. The Hall–Kier alpha value is -1.02. The lowest BCUT2D eigenvalue weighted by atomic mass is 9.91. The van der Waals surface area contributed by atoms with E-state index in [2.05, 4.69) is 23.5 Å². The molecule has 0 bridgehead atoms. The van der Waals surface area contributed by atoms with Crippen molar-refractivity contribution in [2.75, 3.05) is 13.2 Å². The van der Waals surface area contributed by atoms with Crippen LogP contribution < -0.4 is 10.1 Å². The first kappa shape index (κ1) is 12.0. The molecule has 0 unspecified atom stereocenters. The fourth-order valence-electron chi connectivity index (χ4n) is 2.73. The van der Waals surface area contributed by atoms with Crippen LogP contribution >= 0.6 is 0 Å². The molecule has 1 fully saturated rings. The highest BCUT2D eigenvalue weighted by molar-refractivity contribution is 5.41. The number of fused-ring (bicyclic) bond motifs is 1. The van der Waals surface area contributed by atoms with Gasteiger partial charge >= 0.3 is 0 Å². The summed E-state index contributed by atoms with van der Waals surface area (Å²) in [7, 11) is 0. The van der Waals surface area contributed by atoms with Gasteiger partial charge in [0.05, 0.1) is 6.61 Å². The summed E-state index contributed by atoms with van der Waals surface area (Å²) in [5.74, 6) is 1.14. The smallest absolute Gasteiger partial charge is 0.122 e. The first-order valence-corrected chi connectivity index (χ1v) is 7.40. The first-order chi connectivity index (χ1) is 8.93. The summed E-state index contributed by atoms with van der Waals surface area (Å²) in [4.78, 5) is 0. The van der Waals surface area contributed by atoms with Crippen LogP contribution in [0.5, 0.6) is 5.75 Å². The highest BCUT2D eigenvalue weighted by Gasteiger charge is 2.19. The standard InChI is InChI=1S/C16H23NO/c1-2-7-15-13(5-1)6-3-8-16(15)18-12-4-11-17-14-9-10-14/h3,6,8,14,17H,1-2,4-5,7,9-12H2. The zero-order valence-electron chi connectivity index (χ0n) is 11.1. The van der Waals surface area contributed by atoms with Gasteiger partial charge in [0, 0.05) is 6.04 Å². The van der Waals surface area contributed by atoms with E-state index < -0.39 is 0 Å². The maximum atomic E-state index is 5.97. The molecule has 2 aliphatic rings. The van der Waals surface area contributed by atoms with Gasteiger partial charge in [-0.05, 0) is 68.7 Å². The van der Waals surface area contributed by atoms with Crippen LogP contribution in [0, 0.1) is 0 Å². The van der Waals surface area contributed by atoms with Crippen LogP contribution in [0.4, 0.5) is 0 Å². The molecule has 0 heterocycles. The third-order valence-corrected chi connectivity index (χ3v) is 3.94. The first-order valence-electron chi connectivity index (χ1n) is 7.40. The molecule has 0 spiro atoms. The Labute approximate surface area is 110 Å². The number of aryl methyl sites for hydroxylation is 1. The number of rotatable bonds is 6. The van der Waals surface area contributed by atoms with Gasteiger partial charge in [-0.3, -0.25) is 0 Å². The van der Waals surface area contributed by atoms with Crippen LogP contribution in [0.15, 0.2) is 18.2 Å². The minimum atomic E-state index is 0.814. The average molecular weight is 245 g/mol. The maximum absolute atomic E-state index is 5.97. The lowest BCUT2D eigenvalue weighted by molar-refractivity contribution is 0.303. The third-order valence-electron chi connectivity index (χ3n) is 3.94. The Kier molecular flexibility index (Phi) is 3.84. The second-order valence-electron chi connectivity index (χ2n) is 5.53. The molecule has 1 saturated carbocycles. The summed E-state index contributed by atoms with van der Waals surface area (Å²) in [6.45, 7) is 1.94. The minimum Gasteiger partial charge on any atom is -0.493 e. The molecule has 0 aromatic heterocycles. The van der Waals surface area contributed by atoms with Crippen LogP contribution in [0.3, 0.4) is 0 Å². The second kappa shape index (κ2) is 5.75. The molecule has 0 atom stereocenters. The van der Waals surface area contributed by atoms with Crippen LogP contribution in [0.2, 0.25) is 0 Å². The van der Waals surface area contributed by atoms with Crippen molar-refractivity contribution in [2.24, 2.45) is 0 Å². The third kappa shape index (κ3) is 3.05. The lowest BCUT2D eigenvalue weighted by Gasteiger charge is -2.19. The molecule has 0 amide bonds. The maximum Gasteiger partial charge on any atom is 0.122 e. The van der Waals surface area contributed by atoms with Gasteiger partial charge in [0.2, 0.25) is 0 Å². The van der Waals surface area contributed by atoms with Crippen molar-refractivity contribution in [1.29, 1.82) is 0 Å². The second-order valence-corrected chi connectivity index (χ2v) is 5.53. The van der Waals surface area contributed by atoms with Crippen molar-refractivity contribution in [3.8, 4) is 5.75 Å². The SMILES string of the molecule is c1cc2c(c(OCCCNC3CC3)c1)CCCC2. The van der Waals surface area contributed by atoms with E-state index in [-0.39, 0.29) is 0 Å². The summed E-state index contributed by atoms with van der Waals surface area (Å²) in [6, 6.07) is 7.35. The summed E-state index contributed by atoms with van der Waals surface area (Å²) >= 11 is 0. The number of benzene rings is 1. The Morgan fingerprint density at radius 1 is 1.17 bits per heavy atom. The van der Waals surface area contributed by atoms with Crippen LogP contribution in [0.25, 0.3) is 0 Å². The molecule has 18 heavy (non-hydrogen) atoms. The molecule has 98 valence electrons. The quantitative estimate of drug-likeness (QED) is 0.778. The number of nitrogens with one attached hydrogen (secondary N) is 1. The van der Waals surface area contributed by atoms with E-state index in [0.29, 0.717) is 0 Å².